The van der Waals surface area contributed by atoms with Gasteiger partial charge in [-0.2, -0.15) is 0 Å². The fraction of sp³-hybridized carbons (Fsp3) is 0.333. The standard InChI is InChI=1S/C21H24N2O2/c1-14-8-9-17(12-15(14)2)13-22-21(25)20-19-7-5-4-6-18(19)10-11-23(20)16(3)24/h4-9,12,20H,10-11,13H2,1-3H3,(H,22,25)/t20-/m0/s1. The number of rotatable bonds is 3. The molecule has 130 valence electrons. The van der Waals surface area contributed by atoms with E-state index in [9.17, 15) is 9.59 Å². The summed E-state index contributed by atoms with van der Waals surface area (Å²) in [4.78, 5) is 26.6. The highest BCUT2D eigenvalue weighted by atomic mass is 16.2. The van der Waals surface area contributed by atoms with Gasteiger partial charge in [-0.15, -0.1) is 0 Å². The lowest BCUT2D eigenvalue weighted by molar-refractivity contribution is -0.139. The molecule has 0 unspecified atom stereocenters. The van der Waals surface area contributed by atoms with Crippen molar-refractivity contribution in [2.24, 2.45) is 0 Å². The molecule has 4 nitrogen and oxygen atoms in total. The number of fused-ring (bicyclic) bond motifs is 1. The maximum Gasteiger partial charge on any atom is 0.247 e. The van der Waals surface area contributed by atoms with Gasteiger partial charge >= 0.3 is 0 Å². The van der Waals surface area contributed by atoms with Gasteiger partial charge in [0.05, 0.1) is 0 Å². The van der Waals surface area contributed by atoms with Crippen LogP contribution in [-0.2, 0) is 22.6 Å². The van der Waals surface area contributed by atoms with Crippen molar-refractivity contribution in [2.75, 3.05) is 6.54 Å². The number of hydrogen-bond donors (Lipinski definition) is 1. The van der Waals surface area contributed by atoms with Crippen LogP contribution in [0, 0.1) is 13.8 Å². The lowest BCUT2D eigenvalue weighted by atomic mass is 9.92. The molecule has 1 aliphatic heterocycles. The van der Waals surface area contributed by atoms with E-state index in [2.05, 4.69) is 31.3 Å². The summed E-state index contributed by atoms with van der Waals surface area (Å²) in [7, 11) is 0. The molecule has 4 heteroatoms. The van der Waals surface area contributed by atoms with E-state index in [1.54, 1.807) is 4.90 Å². The first kappa shape index (κ1) is 17.2. The van der Waals surface area contributed by atoms with Crippen LogP contribution >= 0.6 is 0 Å². The van der Waals surface area contributed by atoms with Crippen LogP contribution in [-0.4, -0.2) is 23.3 Å². The summed E-state index contributed by atoms with van der Waals surface area (Å²) in [6.45, 7) is 6.70. The van der Waals surface area contributed by atoms with Gasteiger partial charge in [-0.3, -0.25) is 9.59 Å². The first-order chi connectivity index (χ1) is 12.0. The van der Waals surface area contributed by atoms with E-state index < -0.39 is 6.04 Å². The van der Waals surface area contributed by atoms with E-state index in [-0.39, 0.29) is 11.8 Å². The minimum absolute atomic E-state index is 0.0687. The molecule has 0 spiro atoms. The van der Waals surface area contributed by atoms with E-state index in [0.717, 1.165) is 23.1 Å². The zero-order valence-electron chi connectivity index (χ0n) is 15.0. The van der Waals surface area contributed by atoms with Gasteiger partial charge in [0.15, 0.2) is 0 Å². The smallest absolute Gasteiger partial charge is 0.247 e. The Morgan fingerprint density at radius 1 is 1.12 bits per heavy atom. The third-order valence-corrected chi connectivity index (χ3v) is 4.97. The molecule has 0 aromatic heterocycles. The predicted molar refractivity (Wildman–Crippen MR) is 98.0 cm³/mol. The van der Waals surface area contributed by atoms with Crippen LogP contribution in [0.15, 0.2) is 42.5 Å². The van der Waals surface area contributed by atoms with Gasteiger partial charge in [-0.25, -0.2) is 0 Å². The highest BCUT2D eigenvalue weighted by Gasteiger charge is 2.34. The first-order valence-electron chi connectivity index (χ1n) is 8.66. The average Bonchev–Trinajstić information content (AvgIpc) is 2.61. The summed E-state index contributed by atoms with van der Waals surface area (Å²) < 4.78 is 0. The zero-order chi connectivity index (χ0) is 18.0. The summed E-state index contributed by atoms with van der Waals surface area (Å²) in [6, 6.07) is 13.5. The molecule has 2 amide bonds. The summed E-state index contributed by atoms with van der Waals surface area (Å²) in [5, 5.41) is 3.01. The van der Waals surface area contributed by atoms with E-state index in [1.807, 2.05) is 30.3 Å². The lowest BCUT2D eigenvalue weighted by Gasteiger charge is -2.35. The van der Waals surface area contributed by atoms with Crippen molar-refractivity contribution in [3.8, 4) is 0 Å². The molecular formula is C21H24N2O2. The number of aryl methyl sites for hydroxylation is 2. The van der Waals surface area contributed by atoms with Gasteiger partial charge in [0, 0.05) is 20.0 Å². The second-order valence-corrected chi connectivity index (χ2v) is 6.70. The molecule has 0 bridgehead atoms. The van der Waals surface area contributed by atoms with E-state index in [0.29, 0.717) is 13.1 Å². The molecule has 0 radical (unpaired) electrons. The fourth-order valence-corrected chi connectivity index (χ4v) is 3.39. The Labute approximate surface area is 148 Å². The van der Waals surface area contributed by atoms with E-state index in [1.165, 1.54) is 18.1 Å². The maximum absolute atomic E-state index is 12.9. The minimum Gasteiger partial charge on any atom is -0.350 e. The molecule has 0 aliphatic carbocycles. The van der Waals surface area contributed by atoms with Gasteiger partial charge in [-0.1, -0.05) is 42.5 Å². The number of benzene rings is 2. The number of nitrogens with zero attached hydrogens (tertiary/aromatic N) is 1. The number of amides is 2. The summed E-state index contributed by atoms with van der Waals surface area (Å²) in [5.41, 5.74) is 5.59. The Balaban J connectivity index is 1.81. The van der Waals surface area contributed by atoms with Crippen LogP contribution in [0.4, 0.5) is 0 Å². The van der Waals surface area contributed by atoms with Crippen molar-refractivity contribution in [3.63, 3.8) is 0 Å². The van der Waals surface area contributed by atoms with Crippen molar-refractivity contribution in [1.82, 2.24) is 10.2 Å². The molecule has 1 N–H and O–H groups in total. The Bertz CT molecular complexity index is 813. The van der Waals surface area contributed by atoms with Crippen molar-refractivity contribution in [3.05, 3.63) is 70.3 Å². The molecular weight excluding hydrogens is 312 g/mol. The monoisotopic (exact) mass is 336 g/mol. The highest BCUT2D eigenvalue weighted by Crippen LogP contribution is 2.30. The van der Waals surface area contributed by atoms with Crippen molar-refractivity contribution < 1.29 is 9.59 Å². The molecule has 3 rings (SSSR count). The van der Waals surface area contributed by atoms with Crippen molar-refractivity contribution in [1.29, 1.82) is 0 Å². The summed E-state index contributed by atoms with van der Waals surface area (Å²) in [5.74, 6) is -0.193. The quantitative estimate of drug-likeness (QED) is 0.936. The van der Waals surface area contributed by atoms with Crippen LogP contribution < -0.4 is 5.32 Å². The fourth-order valence-electron chi connectivity index (χ4n) is 3.39. The molecule has 2 aromatic carbocycles. The average molecular weight is 336 g/mol. The van der Waals surface area contributed by atoms with Crippen molar-refractivity contribution >= 4 is 11.8 Å². The molecule has 2 aromatic rings. The largest absolute Gasteiger partial charge is 0.350 e. The van der Waals surface area contributed by atoms with Crippen LogP contribution in [0.5, 0.6) is 0 Å². The SMILES string of the molecule is CC(=O)N1CCc2ccccc2[C@H]1C(=O)NCc1ccc(C)c(C)c1. The first-order valence-corrected chi connectivity index (χ1v) is 8.66. The van der Waals surface area contributed by atoms with Crippen LogP contribution in [0.3, 0.4) is 0 Å². The third-order valence-electron chi connectivity index (χ3n) is 4.97. The second kappa shape index (κ2) is 7.09. The zero-order valence-corrected chi connectivity index (χ0v) is 15.0. The Kier molecular flexibility index (Phi) is 4.88. The van der Waals surface area contributed by atoms with E-state index >= 15 is 0 Å². The Morgan fingerprint density at radius 3 is 2.60 bits per heavy atom. The van der Waals surface area contributed by atoms with Crippen LogP contribution in [0.1, 0.15) is 40.8 Å². The molecule has 0 saturated carbocycles. The van der Waals surface area contributed by atoms with Gasteiger partial charge in [-0.05, 0) is 48.1 Å². The van der Waals surface area contributed by atoms with E-state index in [4.69, 9.17) is 0 Å². The Morgan fingerprint density at radius 2 is 1.88 bits per heavy atom. The Hall–Kier alpha value is -2.62. The highest BCUT2D eigenvalue weighted by molar-refractivity contribution is 5.88. The summed E-state index contributed by atoms with van der Waals surface area (Å²) in [6.07, 6.45) is 0.788. The molecule has 1 aliphatic rings. The number of hydrogen-bond acceptors (Lipinski definition) is 2. The molecule has 0 saturated heterocycles. The normalized spacial score (nSPS) is 16.3. The lowest BCUT2D eigenvalue weighted by Crippen LogP contribution is -2.46. The van der Waals surface area contributed by atoms with Crippen molar-refractivity contribution in [2.45, 2.75) is 39.8 Å². The molecule has 0 fully saturated rings. The van der Waals surface area contributed by atoms with Crippen LogP contribution in [0.25, 0.3) is 0 Å². The van der Waals surface area contributed by atoms with Crippen LogP contribution in [0.2, 0.25) is 0 Å². The van der Waals surface area contributed by atoms with Gasteiger partial charge in [0.2, 0.25) is 11.8 Å². The maximum atomic E-state index is 12.9. The number of carbonyl (C=O) groups excluding carboxylic acids is 2. The number of nitrogens with one attached hydrogen (secondary N) is 1. The predicted octanol–water partition coefficient (Wildman–Crippen LogP) is 3.07. The number of carbonyl (C=O) groups is 2. The van der Waals surface area contributed by atoms with Gasteiger partial charge in [0.25, 0.3) is 0 Å². The second-order valence-electron chi connectivity index (χ2n) is 6.70. The third kappa shape index (κ3) is 3.58. The van der Waals surface area contributed by atoms with Gasteiger partial charge in [0.1, 0.15) is 6.04 Å². The summed E-state index contributed by atoms with van der Waals surface area (Å²) >= 11 is 0. The molecule has 1 atom stereocenters. The molecule has 25 heavy (non-hydrogen) atoms. The topological polar surface area (TPSA) is 49.4 Å². The van der Waals surface area contributed by atoms with Gasteiger partial charge < -0.3 is 10.2 Å². The molecule has 1 heterocycles. The minimum atomic E-state index is -0.547.